The molecule has 0 spiro atoms. The minimum atomic E-state index is 0.579. The summed E-state index contributed by atoms with van der Waals surface area (Å²) in [5.74, 6) is 7.25. The van der Waals surface area contributed by atoms with Gasteiger partial charge in [-0.2, -0.15) is 35.3 Å². The van der Waals surface area contributed by atoms with Crippen molar-refractivity contribution in [2.75, 3.05) is 17.3 Å². The van der Waals surface area contributed by atoms with Gasteiger partial charge >= 0.3 is 0 Å². The predicted octanol–water partition coefficient (Wildman–Crippen LogP) is 12.2. The van der Waals surface area contributed by atoms with E-state index in [1.807, 2.05) is 23.5 Å². The molecule has 0 heterocycles. The quantitative estimate of drug-likeness (QED) is 0.106. The first-order chi connectivity index (χ1) is 18.2. The van der Waals surface area contributed by atoms with Crippen LogP contribution in [0.4, 0.5) is 0 Å². The summed E-state index contributed by atoms with van der Waals surface area (Å²) in [6.45, 7) is 6.85. The molecule has 1 N–H and O–H groups in total. The van der Waals surface area contributed by atoms with Crippen molar-refractivity contribution in [3.05, 3.63) is 28.8 Å². The zero-order valence-corrected chi connectivity index (χ0v) is 27.2. The van der Waals surface area contributed by atoms with Gasteiger partial charge in [-0.15, -0.1) is 0 Å². The molecule has 0 saturated carbocycles. The van der Waals surface area contributed by atoms with E-state index in [0.29, 0.717) is 5.75 Å². The Labute approximate surface area is 244 Å². The van der Waals surface area contributed by atoms with Gasteiger partial charge in [0.2, 0.25) is 0 Å². The highest BCUT2D eigenvalue weighted by molar-refractivity contribution is 7.99. The fourth-order valence-corrected chi connectivity index (χ4v) is 7.58. The number of hydrogen-bond donors (Lipinski definition) is 1. The molecule has 1 aromatic carbocycles. The lowest BCUT2D eigenvalue weighted by atomic mass is 10.1. The van der Waals surface area contributed by atoms with E-state index >= 15 is 0 Å². The standard InChI is InChI=1S/C33H60OS3/c1-4-7-10-13-16-19-22-35-27-30-25-31(28-36-23-20-17-14-11-8-5-2)33(34)32(26-30)29-37-24-21-18-15-12-9-6-3/h25-26,34H,4-24,27-29H2,1-3H3. The molecule has 0 saturated heterocycles. The van der Waals surface area contributed by atoms with Gasteiger partial charge in [0.15, 0.2) is 0 Å². The number of phenolic OH excluding ortho intramolecular Hbond substituents is 1. The number of unbranched alkanes of at least 4 members (excludes halogenated alkanes) is 15. The van der Waals surface area contributed by atoms with Crippen LogP contribution in [0.25, 0.3) is 0 Å². The molecule has 216 valence electrons. The van der Waals surface area contributed by atoms with Gasteiger partial charge < -0.3 is 5.11 Å². The molecule has 0 aliphatic rings. The number of aromatic hydroxyl groups is 1. The number of rotatable bonds is 27. The molecule has 0 aliphatic heterocycles. The van der Waals surface area contributed by atoms with Gasteiger partial charge in [-0.3, -0.25) is 0 Å². The lowest BCUT2D eigenvalue weighted by Crippen LogP contribution is -1.95. The van der Waals surface area contributed by atoms with E-state index in [-0.39, 0.29) is 0 Å². The van der Waals surface area contributed by atoms with Gasteiger partial charge in [0.1, 0.15) is 5.75 Å². The highest BCUT2D eigenvalue weighted by atomic mass is 32.2. The Kier molecular flexibility index (Phi) is 24.9. The molecule has 0 fully saturated rings. The Hall–Kier alpha value is 0.0700. The maximum Gasteiger partial charge on any atom is 0.123 e. The van der Waals surface area contributed by atoms with Crippen LogP contribution in [0, 0.1) is 0 Å². The second-order valence-electron chi connectivity index (χ2n) is 10.7. The van der Waals surface area contributed by atoms with Crippen molar-refractivity contribution in [1.29, 1.82) is 0 Å². The highest BCUT2D eigenvalue weighted by Crippen LogP contribution is 2.33. The molecule has 0 radical (unpaired) electrons. The molecule has 0 aromatic heterocycles. The summed E-state index contributed by atoms with van der Waals surface area (Å²) < 4.78 is 0. The molecule has 4 heteroatoms. The summed E-state index contributed by atoms with van der Waals surface area (Å²) >= 11 is 6.10. The van der Waals surface area contributed by atoms with Crippen LogP contribution in [0.2, 0.25) is 0 Å². The molecule has 0 bridgehead atoms. The third-order valence-corrected chi connectivity index (χ3v) is 10.3. The second kappa shape index (κ2) is 26.3. The monoisotopic (exact) mass is 568 g/mol. The second-order valence-corrected chi connectivity index (χ2v) is 14.0. The van der Waals surface area contributed by atoms with E-state index in [9.17, 15) is 5.11 Å². The fraction of sp³-hybridized carbons (Fsp3) is 0.818. The third kappa shape index (κ3) is 19.7. The largest absolute Gasteiger partial charge is 0.507 e. The van der Waals surface area contributed by atoms with Crippen LogP contribution in [0.15, 0.2) is 12.1 Å². The summed E-state index contributed by atoms with van der Waals surface area (Å²) in [5, 5.41) is 11.1. The van der Waals surface area contributed by atoms with Crippen LogP contribution in [0.3, 0.4) is 0 Å². The topological polar surface area (TPSA) is 20.2 Å². The lowest BCUT2D eigenvalue weighted by molar-refractivity contribution is 0.465. The highest BCUT2D eigenvalue weighted by Gasteiger charge is 2.11. The maximum absolute atomic E-state index is 11.1. The third-order valence-electron chi connectivity index (χ3n) is 7.04. The maximum atomic E-state index is 11.1. The van der Waals surface area contributed by atoms with E-state index in [4.69, 9.17) is 0 Å². The van der Waals surface area contributed by atoms with Crippen molar-refractivity contribution in [2.24, 2.45) is 0 Å². The van der Waals surface area contributed by atoms with Crippen LogP contribution in [-0.2, 0) is 17.3 Å². The van der Waals surface area contributed by atoms with Crippen LogP contribution in [0.1, 0.15) is 153 Å². The molecule has 1 rings (SSSR count). The van der Waals surface area contributed by atoms with Crippen molar-refractivity contribution < 1.29 is 5.11 Å². The Morgan fingerprint density at radius 1 is 0.459 bits per heavy atom. The first-order valence-electron chi connectivity index (χ1n) is 15.8. The molecular formula is C33H60OS3. The number of phenols is 1. The molecule has 1 aromatic rings. The van der Waals surface area contributed by atoms with Gasteiger partial charge in [-0.1, -0.05) is 129 Å². The van der Waals surface area contributed by atoms with Crippen molar-refractivity contribution >= 4 is 35.3 Å². The van der Waals surface area contributed by atoms with Gasteiger partial charge in [-0.05, 0) is 42.1 Å². The van der Waals surface area contributed by atoms with Gasteiger partial charge in [0, 0.05) is 28.4 Å². The van der Waals surface area contributed by atoms with Gasteiger partial charge in [-0.25, -0.2) is 0 Å². The number of thioether (sulfide) groups is 3. The normalized spacial score (nSPS) is 11.4. The van der Waals surface area contributed by atoms with E-state index in [2.05, 4.69) is 44.7 Å². The minimum Gasteiger partial charge on any atom is -0.507 e. The number of benzene rings is 1. The summed E-state index contributed by atoms with van der Waals surface area (Å²) in [4.78, 5) is 0. The minimum absolute atomic E-state index is 0.579. The lowest BCUT2D eigenvalue weighted by Gasteiger charge is -2.14. The van der Waals surface area contributed by atoms with E-state index in [1.165, 1.54) is 150 Å². The summed E-state index contributed by atoms with van der Waals surface area (Å²) in [5.41, 5.74) is 3.76. The van der Waals surface area contributed by atoms with E-state index < -0.39 is 0 Å². The SMILES string of the molecule is CCCCCCCCSCc1cc(CSCCCCCCCC)c(O)c(CSCCCCCCCC)c1. The molecule has 1 nitrogen and oxygen atoms in total. The van der Waals surface area contributed by atoms with Crippen molar-refractivity contribution in [1.82, 2.24) is 0 Å². The van der Waals surface area contributed by atoms with Gasteiger partial charge in [0.25, 0.3) is 0 Å². The molecule has 0 atom stereocenters. The Balaban J connectivity index is 2.51. The Morgan fingerprint density at radius 3 is 1.16 bits per heavy atom. The first kappa shape index (κ1) is 35.1. The van der Waals surface area contributed by atoms with Crippen LogP contribution >= 0.6 is 35.3 Å². The zero-order valence-electron chi connectivity index (χ0n) is 24.8. The molecule has 0 unspecified atom stereocenters. The Morgan fingerprint density at radius 2 is 0.784 bits per heavy atom. The van der Waals surface area contributed by atoms with Crippen LogP contribution < -0.4 is 0 Å². The average Bonchev–Trinajstić information content (AvgIpc) is 2.90. The number of hydrogen-bond acceptors (Lipinski definition) is 4. The summed E-state index contributed by atoms with van der Waals surface area (Å²) in [6.07, 6.45) is 24.5. The van der Waals surface area contributed by atoms with E-state index in [0.717, 1.165) is 17.3 Å². The molecule has 37 heavy (non-hydrogen) atoms. The van der Waals surface area contributed by atoms with E-state index in [1.54, 1.807) is 0 Å². The molecule has 0 aliphatic carbocycles. The average molecular weight is 569 g/mol. The smallest absolute Gasteiger partial charge is 0.123 e. The van der Waals surface area contributed by atoms with Crippen LogP contribution in [-0.4, -0.2) is 22.4 Å². The van der Waals surface area contributed by atoms with Gasteiger partial charge in [0.05, 0.1) is 0 Å². The summed E-state index contributed by atoms with van der Waals surface area (Å²) in [6, 6.07) is 4.61. The summed E-state index contributed by atoms with van der Waals surface area (Å²) in [7, 11) is 0. The predicted molar refractivity (Wildman–Crippen MR) is 177 cm³/mol. The van der Waals surface area contributed by atoms with Crippen LogP contribution in [0.5, 0.6) is 5.75 Å². The zero-order chi connectivity index (χ0) is 26.8. The fourth-order valence-electron chi connectivity index (χ4n) is 4.64. The van der Waals surface area contributed by atoms with Crippen molar-refractivity contribution in [2.45, 2.75) is 154 Å². The van der Waals surface area contributed by atoms with Crippen molar-refractivity contribution in [3.8, 4) is 5.75 Å². The molecular weight excluding hydrogens is 509 g/mol. The molecule has 0 amide bonds. The first-order valence-corrected chi connectivity index (χ1v) is 19.3. The Bertz CT molecular complexity index is 593. The van der Waals surface area contributed by atoms with Crippen molar-refractivity contribution in [3.63, 3.8) is 0 Å².